The Morgan fingerprint density at radius 3 is 2.83 bits per heavy atom. The fourth-order valence-corrected chi connectivity index (χ4v) is 0.690. The molecule has 0 fully saturated rings. The van der Waals surface area contributed by atoms with E-state index in [9.17, 15) is 9.59 Å². The third-order valence-corrected chi connectivity index (χ3v) is 1.22. The zero-order valence-electron chi connectivity index (χ0n) is 6.55. The van der Waals surface area contributed by atoms with E-state index in [4.69, 9.17) is 0 Å². The van der Waals surface area contributed by atoms with Crippen LogP contribution in [-0.2, 0) is 0 Å². The number of hydrogen-bond acceptors (Lipinski definition) is 3. The van der Waals surface area contributed by atoms with Crippen molar-refractivity contribution in [2.24, 2.45) is 0 Å². The number of allylic oxidation sites excluding steroid dienone is 1. The lowest BCUT2D eigenvalue weighted by Gasteiger charge is -1.95. The van der Waals surface area contributed by atoms with Gasteiger partial charge in [0.15, 0.2) is 0 Å². The molecule has 0 bridgehead atoms. The summed E-state index contributed by atoms with van der Waals surface area (Å²) < 4.78 is 0. The highest BCUT2D eigenvalue weighted by Gasteiger charge is 1.94. The van der Waals surface area contributed by atoms with Crippen LogP contribution in [0.25, 0.3) is 0 Å². The maximum Gasteiger partial charge on any atom is 0.325 e. The van der Waals surface area contributed by atoms with Crippen molar-refractivity contribution < 1.29 is 0 Å². The number of H-pyrrole nitrogens is 2. The second-order valence-corrected chi connectivity index (χ2v) is 2.13. The highest BCUT2D eigenvalue weighted by molar-refractivity contribution is 5.39. The first-order valence-corrected chi connectivity index (χ1v) is 3.43. The average molecular weight is 167 g/mol. The molecule has 64 valence electrons. The zero-order chi connectivity index (χ0) is 8.97. The monoisotopic (exact) mass is 167 g/mol. The van der Waals surface area contributed by atoms with Crippen molar-refractivity contribution in [2.75, 3.05) is 5.32 Å². The molecule has 0 aliphatic carbocycles. The van der Waals surface area contributed by atoms with Crippen molar-refractivity contribution in [3.8, 4) is 0 Å². The maximum absolute atomic E-state index is 11.0. The van der Waals surface area contributed by atoms with Crippen molar-refractivity contribution in [3.63, 3.8) is 0 Å². The Balaban J connectivity index is 3.02. The van der Waals surface area contributed by atoms with E-state index < -0.39 is 11.2 Å². The summed E-state index contributed by atoms with van der Waals surface area (Å²) in [6.45, 7) is 1.81. The van der Waals surface area contributed by atoms with Crippen LogP contribution in [0.15, 0.2) is 28.1 Å². The lowest BCUT2D eigenvalue weighted by atomic mass is 10.5. The topological polar surface area (TPSA) is 77.8 Å². The van der Waals surface area contributed by atoms with Crippen LogP contribution in [0.3, 0.4) is 0 Å². The van der Waals surface area contributed by atoms with Gasteiger partial charge in [-0.25, -0.2) is 4.79 Å². The van der Waals surface area contributed by atoms with Gasteiger partial charge in [0.2, 0.25) is 0 Å². The van der Waals surface area contributed by atoms with Gasteiger partial charge in [-0.3, -0.25) is 9.78 Å². The van der Waals surface area contributed by atoms with E-state index in [1.165, 1.54) is 6.20 Å². The van der Waals surface area contributed by atoms with Gasteiger partial charge in [-0.05, 0) is 13.1 Å². The third kappa shape index (κ3) is 1.85. The van der Waals surface area contributed by atoms with E-state index in [0.29, 0.717) is 5.69 Å². The summed E-state index contributed by atoms with van der Waals surface area (Å²) in [7, 11) is 0. The van der Waals surface area contributed by atoms with E-state index in [-0.39, 0.29) is 0 Å². The van der Waals surface area contributed by atoms with Gasteiger partial charge in [0.05, 0.1) is 0 Å². The van der Waals surface area contributed by atoms with Gasteiger partial charge in [0.1, 0.15) is 5.69 Å². The Labute approximate surface area is 68.1 Å². The third-order valence-electron chi connectivity index (χ3n) is 1.22. The summed E-state index contributed by atoms with van der Waals surface area (Å²) in [5, 5.41) is 2.70. The highest BCUT2D eigenvalue weighted by atomic mass is 16.2. The summed E-state index contributed by atoms with van der Waals surface area (Å²) in [6.07, 6.45) is 4.66. The molecule has 0 aliphatic rings. The van der Waals surface area contributed by atoms with Gasteiger partial charge in [-0.2, -0.15) is 0 Å². The van der Waals surface area contributed by atoms with Crippen LogP contribution in [0.1, 0.15) is 6.92 Å². The molecule has 0 atom stereocenters. The van der Waals surface area contributed by atoms with E-state index in [1.54, 1.807) is 12.3 Å². The molecule has 0 saturated heterocycles. The summed E-state index contributed by atoms with van der Waals surface area (Å²) in [5.74, 6) is 0. The standard InChI is InChI=1S/C7H9N3O2/c1-2-3-8-5-4-9-7(12)10-6(5)11/h2-4,8H,1H3,(H2,9,10,11,12)/b3-2+. The number of aromatic nitrogens is 2. The van der Waals surface area contributed by atoms with Gasteiger partial charge >= 0.3 is 5.69 Å². The quantitative estimate of drug-likeness (QED) is 0.580. The van der Waals surface area contributed by atoms with Crippen molar-refractivity contribution in [1.29, 1.82) is 0 Å². The lowest BCUT2D eigenvalue weighted by molar-refractivity contribution is 1.04. The molecule has 0 aromatic carbocycles. The van der Waals surface area contributed by atoms with Crippen LogP contribution in [0, 0.1) is 0 Å². The molecule has 1 aromatic rings. The Morgan fingerprint density at radius 1 is 1.50 bits per heavy atom. The van der Waals surface area contributed by atoms with Gasteiger partial charge in [-0.15, -0.1) is 0 Å². The summed E-state index contributed by atoms with van der Waals surface area (Å²) >= 11 is 0. The molecule has 3 N–H and O–H groups in total. The Morgan fingerprint density at radius 2 is 2.25 bits per heavy atom. The minimum absolute atomic E-state index is 0.313. The molecule has 0 spiro atoms. The SMILES string of the molecule is C/C=C/Nc1c[nH]c(=O)[nH]c1=O. The molecule has 1 aromatic heterocycles. The van der Waals surface area contributed by atoms with Crippen LogP contribution in [0.4, 0.5) is 5.69 Å². The zero-order valence-corrected chi connectivity index (χ0v) is 6.55. The van der Waals surface area contributed by atoms with Crippen LogP contribution >= 0.6 is 0 Å². The molecule has 1 heterocycles. The second kappa shape index (κ2) is 3.56. The first-order valence-electron chi connectivity index (χ1n) is 3.43. The predicted molar refractivity (Wildman–Crippen MR) is 46.1 cm³/mol. The number of anilines is 1. The van der Waals surface area contributed by atoms with Gasteiger partial charge in [0, 0.05) is 6.20 Å². The molecular weight excluding hydrogens is 158 g/mol. The molecule has 5 nitrogen and oxygen atoms in total. The molecule has 0 radical (unpaired) electrons. The van der Waals surface area contributed by atoms with Crippen LogP contribution in [0.5, 0.6) is 0 Å². The van der Waals surface area contributed by atoms with Gasteiger partial charge < -0.3 is 10.3 Å². The fraction of sp³-hybridized carbons (Fsp3) is 0.143. The van der Waals surface area contributed by atoms with Crippen molar-refractivity contribution in [3.05, 3.63) is 39.3 Å². The molecular formula is C7H9N3O2. The van der Waals surface area contributed by atoms with Crippen molar-refractivity contribution in [1.82, 2.24) is 9.97 Å². The maximum atomic E-state index is 11.0. The molecule has 0 amide bonds. The van der Waals surface area contributed by atoms with Crippen LogP contribution in [-0.4, -0.2) is 9.97 Å². The van der Waals surface area contributed by atoms with Gasteiger partial charge in [-0.1, -0.05) is 6.08 Å². The number of hydrogen-bond donors (Lipinski definition) is 3. The first kappa shape index (κ1) is 8.32. The summed E-state index contributed by atoms with van der Waals surface area (Å²) in [4.78, 5) is 26.0. The average Bonchev–Trinajstić information content (AvgIpc) is 2.03. The molecule has 1 rings (SSSR count). The fourth-order valence-electron chi connectivity index (χ4n) is 0.690. The Bertz CT molecular complexity index is 388. The van der Waals surface area contributed by atoms with Crippen LogP contribution < -0.4 is 16.6 Å². The minimum Gasteiger partial charge on any atom is -0.356 e. The number of aromatic amines is 2. The molecule has 0 saturated carbocycles. The Kier molecular flexibility index (Phi) is 2.47. The Hall–Kier alpha value is -1.78. The van der Waals surface area contributed by atoms with Crippen LogP contribution in [0.2, 0.25) is 0 Å². The highest BCUT2D eigenvalue weighted by Crippen LogP contribution is 1.90. The predicted octanol–water partition coefficient (Wildman–Crippen LogP) is 0.00870. The smallest absolute Gasteiger partial charge is 0.325 e. The lowest BCUT2D eigenvalue weighted by Crippen LogP contribution is -2.23. The second-order valence-electron chi connectivity index (χ2n) is 2.13. The van der Waals surface area contributed by atoms with Crippen molar-refractivity contribution >= 4 is 5.69 Å². The molecule has 12 heavy (non-hydrogen) atoms. The van der Waals surface area contributed by atoms with Gasteiger partial charge in [0.25, 0.3) is 5.56 Å². The first-order chi connectivity index (χ1) is 5.74. The summed E-state index contributed by atoms with van der Waals surface area (Å²) in [5.41, 5.74) is -0.629. The number of nitrogens with one attached hydrogen (secondary N) is 3. The van der Waals surface area contributed by atoms with E-state index in [2.05, 4.69) is 15.3 Å². The van der Waals surface area contributed by atoms with Crippen molar-refractivity contribution in [2.45, 2.75) is 6.92 Å². The van der Waals surface area contributed by atoms with E-state index in [1.807, 2.05) is 6.92 Å². The molecule has 0 aliphatic heterocycles. The molecule has 5 heteroatoms. The normalized spacial score (nSPS) is 10.4. The molecule has 0 unspecified atom stereocenters. The minimum atomic E-state index is -0.508. The van der Waals surface area contributed by atoms with E-state index in [0.717, 1.165) is 0 Å². The summed E-state index contributed by atoms with van der Waals surface area (Å²) in [6, 6.07) is 0. The number of rotatable bonds is 2. The van der Waals surface area contributed by atoms with E-state index >= 15 is 0 Å². The largest absolute Gasteiger partial charge is 0.356 e.